The van der Waals surface area contributed by atoms with Crippen molar-refractivity contribution < 1.29 is 4.79 Å². The Balaban J connectivity index is 3.99. The second-order valence-electron chi connectivity index (χ2n) is 4.01. The molecule has 0 spiro atoms. The number of nitrogens with two attached hydrogens (primary N) is 1. The number of nitrogens with one attached hydrogen (secondary N) is 1. The highest BCUT2D eigenvalue weighted by molar-refractivity contribution is 5.79. The van der Waals surface area contributed by atoms with Gasteiger partial charge in [0.25, 0.3) is 0 Å². The second kappa shape index (κ2) is 3.72. The summed E-state index contributed by atoms with van der Waals surface area (Å²) in [5.41, 5.74) is 5.29. The second-order valence-corrected chi connectivity index (χ2v) is 4.01. The molecule has 11 heavy (non-hydrogen) atoms. The zero-order valence-corrected chi connectivity index (χ0v) is 7.77. The van der Waals surface area contributed by atoms with Crippen LogP contribution >= 0.6 is 0 Å². The van der Waals surface area contributed by atoms with Crippen LogP contribution in [-0.2, 0) is 4.79 Å². The SMILES string of the molecule is CN[C@@H](CC(C)(C)C)C(N)=O. The molecule has 0 aromatic heterocycles. The summed E-state index contributed by atoms with van der Waals surface area (Å²) in [4.78, 5) is 10.8. The molecule has 0 saturated heterocycles. The van der Waals surface area contributed by atoms with E-state index < -0.39 is 0 Å². The van der Waals surface area contributed by atoms with E-state index in [2.05, 4.69) is 26.1 Å². The molecule has 1 atom stereocenters. The molecule has 3 heteroatoms. The molecule has 0 unspecified atom stereocenters. The highest BCUT2D eigenvalue weighted by Crippen LogP contribution is 2.20. The average Bonchev–Trinajstić information content (AvgIpc) is 1.80. The molecule has 0 heterocycles. The number of primary amides is 1. The minimum Gasteiger partial charge on any atom is -0.368 e. The molecule has 0 aromatic rings. The molecule has 0 aromatic carbocycles. The number of carbonyl (C=O) groups is 1. The van der Waals surface area contributed by atoms with E-state index >= 15 is 0 Å². The Bertz CT molecular complexity index is 138. The maximum atomic E-state index is 10.8. The van der Waals surface area contributed by atoms with Gasteiger partial charge in [0.2, 0.25) is 5.91 Å². The smallest absolute Gasteiger partial charge is 0.234 e. The first-order valence-corrected chi connectivity index (χ1v) is 3.83. The molecule has 0 rings (SSSR count). The number of hydrogen-bond acceptors (Lipinski definition) is 2. The predicted molar refractivity (Wildman–Crippen MR) is 46.1 cm³/mol. The fraction of sp³-hybridized carbons (Fsp3) is 0.875. The fourth-order valence-electron chi connectivity index (χ4n) is 0.957. The zero-order valence-electron chi connectivity index (χ0n) is 7.77. The lowest BCUT2D eigenvalue weighted by atomic mass is 9.88. The summed E-state index contributed by atoms with van der Waals surface area (Å²) in [6.45, 7) is 6.25. The predicted octanol–water partition coefficient (Wildman–Crippen LogP) is 0.496. The molecule has 0 aliphatic heterocycles. The summed E-state index contributed by atoms with van der Waals surface area (Å²) < 4.78 is 0. The first-order chi connectivity index (χ1) is 4.87. The lowest BCUT2D eigenvalue weighted by Crippen LogP contribution is -2.41. The van der Waals surface area contributed by atoms with Crippen LogP contribution in [-0.4, -0.2) is 19.0 Å². The normalized spacial score (nSPS) is 14.5. The third kappa shape index (κ3) is 4.79. The Morgan fingerprint density at radius 2 is 2.00 bits per heavy atom. The van der Waals surface area contributed by atoms with E-state index in [0.717, 1.165) is 6.42 Å². The van der Waals surface area contributed by atoms with Gasteiger partial charge in [-0.25, -0.2) is 0 Å². The van der Waals surface area contributed by atoms with Gasteiger partial charge >= 0.3 is 0 Å². The molecule has 3 nitrogen and oxygen atoms in total. The van der Waals surface area contributed by atoms with Crippen molar-refractivity contribution in [3.63, 3.8) is 0 Å². The fourth-order valence-corrected chi connectivity index (χ4v) is 0.957. The monoisotopic (exact) mass is 158 g/mol. The third-order valence-electron chi connectivity index (χ3n) is 1.51. The van der Waals surface area contributed by atoms with Gasteiger partial charge < -0.3 is 11.1 Å². The van der Waals surface area contributed by atoms with Gasteiger partial charge in [-0.2, -0.15) is 0 Å². The standard InChI is InChI=1S/C8H18N2O/c1-8(2,3)5-6(10-4)7(9)11/h6,10H,5H2,1-4H3,(H2,9,11)/t6-/m0/s1. The van der Waals surface area contributed by atoms with Crippen molar-refractivity contribution in [2.24, 2.45) is 11.1 Å². The van der Waals surface area contributed by atoms with Gasteiger partial charge in [-0.3, -0.25) is 4.79 Å². The van der Waals surface area contributed by atoms with E-state index in [1.807, 2.05) is 0 Å². The highest BCUT2D eigenvalue weighted by Gasteiger charge is 2.20. The van der Waals surface area contributed by atoms with E-state index in [-0.39, 0.29) is 17.4 Å². The van der Waals surface area contributed by atoms with Crippen molar-refractivity contribution in [3.05, 3.63) is 0 Å². The van der Waals surface area contributed by atoms with Crippen LogP contribution in [0.4, 0.5) is 0 Å². The Labute approximate surface area is 68.3 Å². The van der Waals surface area contributed by atoms with E-state index in [9.17, 15) is 4.79 Å². The van der Waals surface area contributed by atoms with Gasteiger partial charge in [0.15, 0.2) is 0 Å². The molecule has 66 valence electrons. The summed E-state index contributed by atoms with van der Waals surface area (Å²) in [7, 11) is 1.75. The summed E-state index contributed by atoms with van der Waals surface area (Å²) >= 11 is 0. The number of likely N-dealkylation sites (N-methyl/N-ethyl adjacent to an activating group) is 1. The molecule has 0 aliphatic rings. The van der Waals surface area contributed by atoms with E-state index in [0.29, 0.717) is 0 Å². The average molecular weight is 158 g/mol. The van der Waals surface area contributed by atoms with Crippen molar-refractivity contribution >= 4 is 5.91 Å². The van der Waals surface area contributed by atoms with E-state index in [1.165, 1.54) is 0 Å². The zero-order chi connectivity index (χ0) is 9.07. The van der Waals surface area contributed by atoms with Gasteiger partial charge in [-0.05, 0) is 18.9 Å². The third-order valence-corrected chi connectivity index (χ3v) is 1.51. The molecule has 0 saturated carbocycles. The van der Waals surface area contributed by atoms with Crippen molar-refractivity contribution in [1.29, 1.82) is 0 Å². The van der Waals surface area contributed by atoms with Gasteiger partial charge in [0.05, 0.1) is 6.04 Å². The van der Waals surface area contributed by atoms with Crippen molar-refractivity contribution in [1.82, 2.24) is 5.32 Å². The molecule has 3 N–H and O–H groups in total. The maximum absolute atomic E-state index is 10.8. The molecule has 0 aliphatic carbocycles. The summed E-state index contributed by atoms with van der Waals surface area (Å²) in [6.07, 6.45) is 0.777. The Morgan fingerprint density at radius 3 is 2.09 bits per heavy atom. The summed E-state index contributed by atoms with van der Waals surface area (Å²) in [5.74, 6) is -0.276. The Morgan fingerprint density at radius 1 is 1.55 bits per heavy atom. The lowest BCUT2D eigenvalue weighted by Gasteiger charge is -2.23. The van der Waals surface area contributed by atoms with Gasteiger partial charge in [-0.15, -0.1) is 0 Å². The molecular weight excluding hydrogens is 140 g/mol. The largest absolute Gasteiger partial charge is 0.368 e. The van der Waals surface area contributed by atoms with E-state index in [4.69, 9.17) is 5.73 Å². The van der Waals surface area contributed by atoms with Crippen LogP contribution in [0.5, 0.6) is 0 Å². The van der Waals surface area contributed by atoms with Crippen LogP contribution in [0.2, 0.25) is 0 Å². The van der Waals surface area contributed by atoms with Crippen LogP contribution in [0.25, 0.3) is 0 Å². The Kier molecular flexibility index (Phi) is 3.52. The molecule has 0 radical (unpaired) electrons. The number of hydrogen-bond donors (Lipinski definition) is 2. The first-order valence-electron chi connectivity index (χ1n) is 3.83. The van der Waals surface area contributed by atoms with Crippen LogP contribution in [0.15, 0.2) is 0 Å². The quantitative estimate of drug-likeness (QED) is 0.628. The van der Waals surface area contributed by atoms with Crippen molar-refractivity contribution in [2.45, 2.75) is 33.2 Å². The summed E-state index contributed by atoms with van der Waals surface area (Å²) in [6, 6.07) is -0.199. The van der Waals surface area contributed by atoms with Crippen LogP contribution in [0, 0.1) is 5.41 Å². The highest BCUT2D eigenvalue weighted by atomic mass is 16.1. The van der Waals surface area contributed by atoms with E-state index in [1.54, 1.807) is 7.05 Å². The molecule has 0 fully saturated rings. The van der Waals surface area contributed by atoms with Crippen LogP contribution in [0.3, 0.4) is 0 Å². The summed E-state index contributed by atoms with van der Waals surface area (Å²) in [5, 5.41) is 2.88. The van der Waals surface area contributed by atoms with Gasteiger partial charge in [0.1, 0.15) is 0 Å². The lowest BCUT2D eigenvalue weighted by molar-refractivity contribution is -0.120. The molecule has 1 amide bonds. The molecular formula is C8H18N2O. The topological polar surface area (TPSA) is 55.1 Å². The number of rotatable bonds is 3. The minimum atomic E-state index is -0.276. The Hall–Kier alpha value is -0.570. The molecule has 0 bridgehead atoms. The van der Waals surface area contributed by atoms with Gasteiger partial charge in [-0.1, -0.05) is 20.8 Å². The van der Waals surface area contributed by atoms with Gasteiger partial charge in [0, 0.05) is 0 Å². The van der Waals surface area contributed by atoms with Crippen molar-refractivity contribution in [3.8, 4) is 0 Å². The minimum absolute atomic E-state index is 0.142. The maximum Gasteiger partial charge on any atom is 0.234 e. The first kappa shape index (κ1) is 10.4. The van der Waals surface area contributed by atoms with Crippen molar-refractivity contribution in [2.75, 3.05) is 7.05 Å². The number of amides is 1. The van der Waals surface area contributed by atoms with Crippen LogP contribution in [0.1, 0.15) is 27.2 Å². The number of carbonyl (C=O) groups excluding carboxylic acids is 1. The van der Waals surface area contributed by atoms with Crippen LogP contribution < -0.4 is 11.1 Å².